The molecule has 4 nitrogen and oxygen atoms in total. The third-order valence-electron chi connectivity index (χ3n) is 3.77. The first kappa shape index (κ1) is 20.1. The molecular weight excluding hydrogens is 425 g/mol. The molecule has 1 aromatic carbocycles. The highest BCUT2D eigenvalue weighted by atomic mass is 79.9. The van der Waals surface area contributed by atoms with Crippen LogP contribution in [0.25, 0.3) is 0 Å². The molecule has 3 rings (SSSR count). The topological polar surface area (TPSA) is 37.6 Å². The van der Waals surface area contributed by atoms with Crippen molar-refractivity contribution in [2.24, 2.45) is 0 Å². The van der Waals surface area contributed by atoms with Crippen LogP contribution in [0, 0.1) is 0 Å². The maximum absolute atomic E-state index is 12.6. The number of benzene rings is 1. The summed E-state index contributed by atoms with van der Waals surface area (Å²) in [5.41, 5.74) is 0.681. The zero-order valence-corrected chi connectivity index (χ0v) is 15.5. The van der Waals surface area contributed by atoms with E-state index < -0.39 is 6.36 Å². The van der Waals surface area contributed by atoms with Crippen molar-refractivity contribution in [1.29, 1.82) is 0 Å². The number of halogens is 5. The van der Waals surface area contributed by atoms with Gasteiger partial charge >= 0.3 is 6.36 Å². The second-order valence-electron chi connectivity index (χ2n) is 5.47. The maximum atomic E-state index is 12.6. The van der Waals surface area contributed by atoms with Crippen molar-refractivity contribution < 1.29 is 22.3 Å². The van der Waals surface area contributed by atoms with Crippen molar-refractivity contribution in [2.45, 2.75) is 12.4 Å². The summed E-state index contributed by atoms with van der Waals surface area (Å²) in [6.07, 6.45) is -3.16. The molecule has 2 aromatic rings. The summed E-state index contributed by atoms with van der Waals surface area (Å²) in [6, 6.07) is 7.84. The number of ether oxygens (including phenoxy) is 1. The molecule has 0 spiro atoms. The van der Waals surface area contributed by atoms with Crippen molar-refractivity contribution >= 4 is 28.3 Å². The number of piperazine rings is 1. The van der Waals surface area contributed by atoms with E-state index >= 15 is 0 Å². The van der Waals surface area contributed by atoms with E-state index in [1.54, 1.807) is 18.4 Å². The zero-order valence-electron chi connectivity index (χ0n) is 13.1. The van der Waals surface area contributed by atoms with Gasteiger partial charge in [0, 0.05) is 30.7 Å². The number of hydrogen-bond donors (Lipinski definition) is 1. The summed E-state index contributed by atoms with van der Waals surface area (Å²) in [4.78, 5) is 2.18. The van der Waals surface area contributed by atoms with Crippen molar-refractivity contribution in [3.63, 3.8) is 0 Å². The van der Waals surface area contributed by atoms with Gasteiger partial charge in [-0.1, -0.05) is 15.9 Å². The van der Waals surface area contributed by atoms with Gasteiger partial charge in [-0.15, -0.1) is 25.6 Å². The molecule has 0 unspecified atom stereocenters. The van der Waals surface area contributed by atoms with Crippen LogP contribution >= 0.6 is 28.3 Å². The normalized spacial score (nSPS) is 17.0. The van der Waals surface area contributed by atoms with E-state index in [2.05, 4.69) is 30.9 Å². The molecule has 0 aliphatic carbocycles. The molecule has 0 bridgehead atoms. The van der Waals surface area contributed by atoms with E-state index in [1.807, 2.05) is 6.07 Å². The van der Waals surface area contributed by atoms with Crippen LogP contribution in [0.4, 0.5) is 13.2 Å². The Balaban J connectivity index is 0.00000225. The molecular formula is C16H17BrClF3N2O2. The number of rotatable bonds is 4. The van der Waals surface area contributed by atoms with Gasteiger partial charge in [-0.3, -0.25) is 4.90 Å². The molecule has 1 N–H and O–H groups in total. The van der Waals surface area contributed by atoms with Gasteiger partial charge in [0.15, 0.2) is 0 Å². The summed E-state index contributed by atoms with van der Waals surface area (Å²) in [7, 11) is 0. The summed E-state index contributed by atoms with van der Waals surface area (Å²) >= 11 is 3.27. The standard InChI is InChI=1S/C16H16BrF3N2O2.ClH/c17-12-8-11(9-13(10-12)24-16(18,19)20)15(14-2-1-7-23-14)22-5-3-21-4-6-22;/h1-2,7-10,15,21H,3-6H2;1H/t15-;/m1./s1. The molecule has 138 valence electrons. The molecule has 0 radical (unpaired) electrons. The Morgan fingerprint density at radius 3 is 2.52 bits per heavy atom. The quantitative estimate of drug-likeness (QED) is 0.765. The number of nitrogens with zero attached hydrogens (tertiary/aromatic N) is 1. The molecule has 2 heterocycles. The van der Waals surface area contributed by atoms with Crippen LogP contribution in [0.2, 0.25) is 0 Å². The van der Waals surface area contributed by atoms with E-state index in [9.17, 15) is 13.2 Å². The van der Waals surface area contributed by atoms with Crippen LogP contribution < -0.4 is 10.1 Å². The highest BCUT2D eigenvalue weighted by Crippen LogP contribution is 2.35. The van der Waals surface area contributed by atoms with Crippen LogP contribution in [0.1, 0.15) is 17.4 Å². The Labute approximate surface area is 157 Å². The summed E-state index contributed by atoms with van der Waals surface area (Å²) in [5.74, 6) is 0.437. The highest BCUT2D eigenvalue weighted by Gasteiger charge is 2.32. The van der Waals surface area contributed by atoms with Gasteiger partial charge in [0.05, 0.1) is 12.3 Å². The Morgan fingerprint density at radius 1 is 1.20 bits per heavy atom. The lowest BCUT2D eigenvalue weighted by Crippen LogP contribution is -2.45. The lowest BCUT2D eigenvalue weighted by atomic mass is 10.0. The summed E-state index contributed by atoms with van der Waals surface area (Å²) < 4.78 is 47.8. The third-order valence-corrected chi connectivity index (χ3v) is 4.23. The predicted octanol–water partition coefficient (Wildman–Crippen LogP) is 4.36. The SMILES string of the molecule is Cl.FC(F)(F)Oc1cc(Br)cc([C@H](c2ccco2)N2CCNCC2)c1. The molecule has 1 aliphatic heterocycles. The first-order valence-corrected chi connectivity index (χ1v) is 8.26. The fraction of sp³-hybridized carbons (Fsp3) is 0.375. The van der Waals surface area contributed by atoms with Crippen molar-refractivity contribution in [1.82, 2.24) is 10.2 Å². The predicted molar refractivity (Wildman–Crippen MR) is 93.1 cm³/mol. The zero-order chi connectivity index (χ0) is 17.2. The average molecular weight is 442 g/mol. The molecule has 1 aromatic heterocycles. The van der Waals surface area contributed by atoms with E-state index in [0.29, 0.717) is 15.8 Å². The van der Waals surface area contributed by atoms with Crippen LogP contribution in [0.3, 0.4) is 0 Å². The van der Waals surface area contributed by atoms with Crippen LogP contribution in [-0.2, 0) is 0 Å². The lowest BCUT2D eigenvalue weighted by molar-refractivity contribution is -0.274. The van der Waals surface area contributed by atoms with Gasteiger partial charge in [0.25, 0.3) is 0 Å². The van der Waals surface area contributed by atoms with Crippen LogP contribution in [-0.4, -0.2) is 37.4 Å². The monoisotopic (exact) mass is 440 g/mol. The fourth-order valence-electron chi connectivity index (χ4n) is 2.88. The molecule has 0 saturated carbocycles. The number of alkyl halides is 3. The fourth-order valence-corrected chi connectivity index (χ4v) is 3.37. The largest absolute Gasteiger partial charge is 0.573 e. The molecule has 1 atom stereocenters. The maximum Gasteiger partial charge on any atom is 0.573 e. The Morgan fingerprint density at radius 2 is 1.92 bits per heavy atom. The first-order valence-electron chi connectivity index (χ1n) is 7.47. The molecule has 1 saturated heterocycles. The molecule has 25 heavy (non-hydrogen) atoms. The summed E-state index contributed by atoms with van der Waals surface area (Å²) in [5, 5.41) is 3.27. The van der Waals surface area contributed by atoms with E-state index in [1.165, 1.54) is 12.1 Å². The smallest absolute Gasteiger partial charge is 0.467 e. The molecule has 9 heteroatoms. The van der Waals surface area contributed by atoms with Gasteiger partial charge in [-0.25, -0.2) is 0 Å². The molecule has 0 amide bonds. The first-order chi connectivity index (χ1) is 11.4. The second-order valence-corrected chi connectivity index (χ2v) is 6.39. The van der Waals surface area contributed by atoms with Gasteiger partial charge < -0.3 is 14.5 Å². The highest BCUT2D eigenvalue weighted by molar-refractivity contribution is 9.10. The van der Waals surface area contributed by atoms with E-state index in [-0.39, 0.29) is 24.2 Å². The van der Waals surface area contributed by atoms with Gasteiger partial charge in [-0.2, -0.15) is 0 Å². The van der Waals surface area contributed by atoms with Crippen LogP contribution in [0.5, 0.6) is 5.75 Å². The van der Waals surface area contributed by atoms with E-state index in [0.717, 1.165) is 26.2 Å². The second kappa shape index (κ2) is 8.44. The van der Waals surface area contributed by atoms with Crippen molar-refractivity contribution in [3.05, 3.63) is 52.4 Å². The Bertz CT molecular complexity index is 677. The minimum Gasteiger partial charge on any atom is -0.467 e. The van der Waals surface area contributed by atoms with Gasteiger partial charge in [-0.05, 0) is 35.9 Å². The minimum atomic E-state index is -4.73. The molecule has 1 fully saturated rings. The lowest BCUT2D eigenvalue weighted by Gasteiger charge is -2.34. The van der Waals surface area contributed by atoms with Gasteiger partial charge in [0.2, 0.25) is 0 Å². The third kappa shape index (κ3) is 5.37. The minimum absolute atomic E-state index is 0. The number of nitrogens with one attached hydrogen (secondary N) is 1. The summed E-state index contributed by atoms with van der Waals surface area (Å²) in [6.45, 7) is 3.18. The Hall–Kier alpha value is -1.22. The Kier molecular flexibility index (Phi) is 6.79. The van der Waals surface area contributed by atoms with Gasteiger partial charge in [0.1, 0.15) is 11.5 Å². The van der Waals surface area contributed by atoms with Crippen molar-refractivity contribution in [3.8, 4) is 5.75 Å². The van der Waals surface area contributed by atoms with Crippen molar-refractivity contribution in [2.75, 3.05) is 26.2 Å². The van der Waals surface area contributed by atoms with Crippen LogP contribution in [0.15, 0.2) is 45.5 Å². The molecule has 1 aliphatic rings. The number of furan rings is 1. The average Bonchev–Trinajstić information content (AvgIpc) is 3.00. The van der Waals surface area contributed by atoms with E-state index in [4.69, 9.17) is 4.42 Å². The number of hydrogen-bond acceptors (Lipinski definition) is 4.